The van der Waals surface area contributed by atoms with Crippen LogP contribution in [0.15, 0.2) is 109 Å². The van der Waals surface area contributed by atoms with Crippen LogP contribution >= 0.6 is 0 Å². The highest BCUT2D eigenvalue weighted by atomic mass is 28.4. The molecule has 324 valence electrons. The lowest BCUT2D eigenvalue weighted by Crippen LogP contribution is -2.66. The van der Waals surface area contributed by atoms with Crippen LogP contribution in [-0.2, 0) is 15.8 Å². The van der Waals surface area contributed by atoms with Crippen molar-refractivity contribution in [1.82, 2.24) is 0 Å². The van der Waals surface area contributed by atoms with E-state index in [9.17, 15) is 4.79 Å². The molecule has 0 aliphatic carbocycles. The maximum Gasteiger partial charge on any atom is 0.411 e. The lowest BCUT2D eigenvalue weighted by molar-refractivity contribution is 0.103. The molecule has 1 atom stereocenters. The smallest absolute Gasteiger partial charge is 0.411 e. The zero-order valence-corrected chi connectivity index (χ0v) is 40.0. The summed E-state index contributed by atoms with van der Waals surface area (Å²) in [6, 6.07) is 33.3. The monoisotopic (exact) mass is 861 g/mol. The molecular weight excluding hydrogens is 799 g/mol. The normalized spacial score (nSPS) is 12.8. The summed E-state index contributed by atoms with van der Waals surface area (Å²) in [7, 11) is 0.309. The Morgan fingerprint density at radius 2 is 1.33 bits per heavy atom. The van der Waals surface area contributed by atoms with Crippen LogP contribution in [0, 0.1) is 12.8 Å². The summed E-state index contributed by atoms with van der Waals surface area (Å²) in [6.07, 6.45) is 1.34. The highest BCUT2D eigenvalue weighted by molar-refractivity contribution is 6.99. The third-order valence-electron chi connectivity index (χ3n) is 10.9. The lowest BCUT2D eigenvalue weighted by Gasteiger charge is -2.43. The minimum atomic E-state index is -2.82. The number of anilines is 1. The Morgan fingerprint density at radius 3 is 1.84 bits per heavy atom. The van der Waals surface area contributed by atoms with Crippen molar-refractivity contribution < 1.29 is 37.7 Å². The average Bonchev–Trinajstić information content (AvgIpc) is 3.22. The molecule has 9 nitrogen and oxygen atoms in total. The van der Waals surface area contributed by atoms with E-state index in [2.05, 4.69) is 101 Å². The summed E-state index contributed by atoms with van der Waals surface area (Å²) in [5.74, 6) is 0.966. The van der Waals surface area contributed by atoms with Gasteiger partial charge in [0.15, 0.2) is 11.5 Å². The molecule has 0 saturated carbocycles. The molecule has 1 amide bonds. The van der Waals surface area contributed by atoms with Crippen molar-refractivity contribution in [3.8, 4) is 23.0 Å². The number of amides is 1. The van der Waals surface area contributed by atoms with Gasteiger partial charge in [-0.15, -0.1) is 0 Å². The number of carbonyl (C=O) groups is 2. The molecule has 0 radical (unpaired) electrons. The molecule has 0 aliphatic heterocycles. The molecule has 5 aromatic carbocycles. The summed E-state index contributed by atoms with van der Waals surface area (Å²) < 4.78 is 37.7. The Bertz CT molecular complexity index is 2280. The zero-order chi connectivity index (χ0) is 44.5. The second-order valence-electron chi connectivity index (χ2n) is 17.7. The summed E-state index contributed by atoms with van der Waals surface area (Å²) >= 11 is 0. The predicted octanol–water partition coefficient (Wildman–Crippen LogP) is 11.0. The Kier molecular flexibility index (Phi) is 15.3. The summed E-state index contributed by atoms with van der Waals surface area (Å²) in [6.45, 7) is 20.1. The Labute approximate surface area is 364 Å². The number of benzene rings is 5. The third-order valence-corrected chi connectivity index (χ3v) is 17.6. The first-order chi connectivity index (χ1) is 29.0. The number of methoxy groups -OCH3 is 3. The van der Waals surface area contributed by atoms with Crippen molar-refractivity contribution in [2.24, 2.45) is 5.92 Å². The fraction of sp³-hybridized carbons (Fsp3) is 0.360. The summed E-state index contributed by atoms with van der Waals surface area (Å²) in [5, 5.41) is 5.93. The van der Waals surface area contributed by atoms with E-state index in [1.165, 1.54) is 24.6 Å². The number of allylic oxidation sites excluding steroid dienone is 1. The number of ether oxygens (including phenoxy) is 5. The van der Waals surface area contributed by atoms with E-state index >= 15 is 4.79 Å². The van der Waals surface area contributed by atoms with Gasteiger partial charge in [-0.05, 0) is 52.4 Å². The minimum absolute atomic E-state index is 0.142. The number of hydrogen-bond donors (Lipinski definition) is 1. The van der Waals surface area contributed by atoms with Gasteiger partial charge in [-0.25, -0.2) is 4.79 Å². The van der Waals surface area contributed by atoms with E-state index in [0.29, 0.717) is 58.1 Å². The number of nitrogens with one attached hydrogen (secondary N) is 1. The first kappa shape index (κ1) is 46.7. The molecule has 0 aliphatic rings. The molecule has 11 heteroatoms. The second kappa shape index (κ2) is 20.0. The van der Waals surface area contributed by atoms with E-state index < -0.39 is 22.5 Å². The van der Waals surface area contributed by atoms with Crippen molar-refractivity contribution in [2.45, 2.75) is 78.9 Å². The SMILES string of the molecule is COc1c(C)c(OCc2ccccc2)c2c(OC)c(NC(=O)OCC[Si](C)(C)C)cc(OC)c2c1C(=O)/C(C)=C/[C@H](C)CO[Si](c1ccccc1)(c1ccccc1)C(C)(C)C. The van der Waals surface area contributed by atoms with Crippen molar-refractivity contribution in [1.29, 1.82) is 0 Å². The van der Waals surface area contributed by atoms with Crippen LogP contribution in [0.2, 0.25) is 30.7 Å². The molecule has 5 aromatic rings. The molecule has 0 fully saturated rings. The molecule has 0 aromatic heterocycles. The molecule has 0 spiro atoms. The summed E-state index contributed by atoms with van der Waals surface area (Å²) in [5.41, 5.74) is 2.62. The van der Waals surface area contributed by atoms with Crippen molar-refractivity contribution in [3.05, 3.63) is 125 Å². The van der Waals surface area contributed by atoms with Crippen LogP contribution in [0.25, 0.3) is 10.8 Å². The molecule has 0 bridgehead atoms. The topological polar surface area (TPSA) is 102 Å². The number of rotatable bonds is 18. The Morgan fingerprint density at radius 1 is 0.770 bits per heavy atom. The van der Waals surface area contributed by atoms with Gasteiger partial charge in [-0.1, -0.05) is 144 Å². The standard InChI is InChI=1S/C50H63NO8Si2/c1-34(32-59-61(50(4,5)6,38-24-18-14-19-25-38)39-26-20-15-21-27-39)30-35(2)45(52)43-42-41(54-7)31-40(51-49(53)57-28-29-60(10,11)12)48(56-9)44(42)47(36(3)46(43)55-8)58-33-37-22-16-13-17-23-37/h13-27,30-31,34H,28-29,32-33H2,1-12H3,(H,51,53)/b35-30+/t34-/m0/s1. The van der Waals surface area contributed by atoms with Gasteiger partial charge in [0.05, 0.1) is 44.6 Å². The number of carbonyl (C=O) groups excluding carboxylic acids is 2. The van der Waals surface area contributed by atoms with Crippen molar-refractivity contribution in [2.75, 3.05) is 39.9 Å². The first-order valence-corrected chi connectivity index (χ1v) is 26.5. The Balaban J connectivity index is 1.62. The third kappa shape index (κ3) is 10.6. The molecule has 5 rings (SSSR count). The second-order valence-corrected chi connectivity index (χ2v) is 27.7. The molecule has 61 heavy (non-hydrogen) atoms. The number of ketones is 1. The van der Waals surface area contributed by atoms with E-state index in [1.807, 2.05) is 62.4 Å². The van der Waals surface area contributed by atoms with Crippen LogP contribution in [-0.4, -0.2) is 62.8 Å². The number of hydrogen-bond acceptors (Lipinski definition) is 8. The van der Waals surface area contributed by atoms with Crippen molar-refractivity contribution in [3.63, 3.8) is 0 Å². The first-order valence-electron chi connectivity index (χ1n) is 20.8. The largest absolute Gasteiger partial charge is 0.496 e. The van der Waals surface area contributed by atoms with Gasteiger partial charge >= 0.3 is 6.09 Å². The highest BCUT2D eigenvalue weighted by Gasteiger charge is 2.50. The van der Waals surface area contributed by atoms with Gasteiger partial charge in [0, 0.05) is 31.7 Å². The van der Waals surface area contributed by atoms with E-state index in [0.717, 1.165) is 11.6 Å². The summed E-state index contributed by atoms with van der Waals surface area (Å²) in [4.78, 5) is 28.3. The molecule has 0 heterocycles. The maximum absolute atomic E-state index is 15.0. The lowest BCUT2D eigenvalue weighted by atomic mass is 9.90. The van der Waals surface area contributed by atoms with Gasteiger partial charge in [0.1, 0.15) is 23.9 Å². The molecule has 0 saturated heterocycles. The number of fused-ring (bicyclic) bond motifs is 1. The van der Waals surface area contributed by atoms with Crippen LogP contribution in [0.1, 0.15) is 56.1 Å². The zero-order valence-electron chi connectivity index (χ0n) is 38.0. The van der Waals surface area contributed by atoms with Crippen LogP contribution in [0.5, 0.6) is 23.0 Å². The van der Waals surface area contributed by atoms with Gasteiger partial charge in [-0.2, -0.15) is 0 Å². The van der Waals surface area contributed by atoms with Crippen LogP contribution in [0.4, 0.5) is 10.5 Å². The minimum Gasteiger partial charge on any atom is -0.496 e. The molecule has 0 unspecified atom stereocenters. The van der Waals surface area contributed by atoms with Gasteiger partial charge in [-0.3, -0.25) is 10.1 Å². The molecule has 1 N–H and O–H groups in total. The van der Waals surface area contributed by atoms with Crippen LogP contribution in [0.3, 0.4) is 0 Å². The van der Waals surface area contributed by atoms with Gasteiger partial charge < -0.3 is 28.1 Å². The predicted molar refractivity (Wildman–Crippen MR) is 253 cm³/mol. The average molecular weight is 862 g/mol. The quantitative estimate of drug-likeness (QED) is 0.0528. The van der Waals surface area contributed by atoms with E-state index in [1.54, 1.807) is 13.2 Å². The van der Waals surface area contributed by atoms with Crippen LogP contribution < -0.4 is 34.6 Å². The van der Waals surface area contributed by atoms with Crippen molar-refractivity contribution >= 4 is 55.1 Å². The van der Waals surface area contributed by atoms with Gasteiger partial charge in [0.25, 0.3) is 8.32 Å². The fourth-order valence-electron chi connectivity index (χ4n) is 7.91. The van der Waals surface area contributed by atoms with Gasteiger partial charge in [0.2, 0.25) is 0 Å². The maximum atomic E-state index is 15.0. The van der Waals surface area contributed by atoms with E-state index in [-0.39, 0.29) is 34.7 Å². The molecular formula is C50H63NO8Si2. The Hall–Kier alpha value is -5.37. The fourth-order valence-corrected chi connectivity index (χ4v) is 13.3. The highest BCUT2D eigenvalue weighted by Crippen LogP contribution is 2.52. The number of Topliss-reactive ketones (excluding diaryl/α,β-unsaturated/α-hetero) is 1. The van der Waals surface area contributed by atoms with E-state index in [4.69, 9.17) is 28.1 Å².